The maximum atomic E-state index is 5.49. The van der Waals surface area contributed by atoms with E-state index < -0.39 is 0 Å². The molecule has 1 saturated heterocycles. The van der Waals surface area contributed by atoms with Crippen LogP contribution in [0.25, 0.3) is 0 Å². The van der Waals surface area contributed by atoms with Crippen molar-refractivity contribution in [2.24, 2.45) is 0 Å². The van der Waals surface area contributed by atoms with Crippen molar-refractivity contribution in [1.29, 1.82) is 0 Å². The van der Waals surface area contributed by atoms with Crippen molar-refractivity contribution in [3.63, 3.8) is 0 Å². The summed E-state index contributed by atoms with van der Waals surface area (Å²) in [4.78, 5) is 0. The zero-order chi connectivity index (χ0) is 7.45. The first-order valence-corrected chi connectivity index (χ1v) is 3.78. The van der Waals surface area contributed by atoms with Crippen LogP contribution in [0.1, 0.15) is 19.8 Å². The van der Waals surface area contributed by atoms with Crippen molar-refractivity contribution in [2.75, 3.05) is 19.8 Å². The van der Waals surface area contributed by atoms with Gasteiger partial charge in [0.1, 0.15) is 0 Å². The molecule has 0 aromatic carbocycles. The molecule has 1 radical (unpaired) electrons. The Bertz CT molecular complexity index is 95.4. The summed E-state index contributed by atoms with van der Waals surface area (Å²) in [6.45, 7) is 7.81. The Balaban J connectivity index is 2.22. The van der Waals surface area contributed by atoms with E-state index in [1.54, 1.807) is 0 Å². The van der Waals surface area contributed by atoms with Crippen LogP contribution < -0.4 is 0 Å². The summed E-state index contributed by atoms with van der Waals surface area (Å²) >= 11 is 0. The second kappa shape index (κ2) is 3.35. The summed E-state index contributed by atoms with van der Waals surface area (Å²) in [6, 6.07) is 0. The minimum absolute atomic E-state index is 0.0162. The van der Waals surface area contributed by atoms with Crippen molar-refractivity contribution in [1.82, 2.24) is 0 Å². The van der Waals surface area contributed by atoms with Crippen molar-refractivity contribution < 1.29 is 9.47 Å². The SMILES string of the molecule is [CH2]COCC1(C)CCCO1. The highest BCUT2D eigenvalue weighted by atomic mass is 16.5. The van der Waals surface area contributed by atoms with Gasteiger partial charge in [0.15, 0.2) is 0 Å². The van der Waals surface area contributed by atoms with E-state index in [1.807, 2.05) is 0 Å². The Morgan fingerprint density at radius 2 is 2.50 bits per heavy atom. The smallest absolute Gasteiger partial charge is 0.0887 e. The molecule has 1 aliphatic rings. The average Bonchev–Trinajstić information content (AvgIpc) is 2.33. The molecule has 0 aliphatic carbocycles. The van der Waals surface area contributed by atoms with Crippen molar-refractivity contribution in [3.8, 4) is 0 Å². The Kier molecular flexibility index (Phi) is 2.69. The van der Waals surface area contributed by atoms with Crippen molar-refractivity contribution in [3.05, 3.63) is 6.92 Å². The maximum absolute atomic E-state index is 5.49. The molecule has 10 heavy (non-hydrogen) atoms. The average molecular weight is 143 g/mol. The lowest BCUT2D eigenvalue weighted by atomic mass is 10.1. The number of ether oxygens (including phenoxy) is 2. The Morgan fingerprint density at radius 1 is 1.70 bits per heavy atom. The van der Waals surface area contributed by atoms with Gasteiger partial charge in [0.25, 0.3) is 0 Å². The quantitative estimate of drug-likeness (QED) is 0.594. The molecule has 1 fully saturated rings. The molecule has 59 valence electrons. The second-order valence-electron chi connectivity index (χ2n) is 2.95. The molecule has 2 nitrogen and oxygen atoms in total. The van der Waals surface area contributed by atoms with E-state index in [0.29, 0.717) is 13.2 Å². The number of hydrogen-bond donors (Lipinski definition) is 0. The van der Waals surface area contributed by atoms with Crippen LogP contribution in [0.15, 0.2) is 0 Å². The molecule has 1 aliphatic heterocycles. The monoisotopic (exact) mass is 143 g/mol. The normalized spacial score (nSPS) is 33.0. The van der Waals surface area contributed by atoms with Crippen molar-refractivity contribution >= 4 is 0 Å². The van der Waals surface area contributed by atoms with Crippen LogP contribution in [0.3, 0.4) is 0 Å². The molecule has 1 heterocycles. The molecule has 0 amide bonds. The van der Waals surface area contributed by atoms with Crippen LogP contribution in [0.5, 0.6) is 0 Å². The van der Waals surface area contributed by atoms with Gasteiger partial charge in [0, 0.05) is 13.2 Å². The fourth-order valence-corrected chi connectivity index (χ4v) is 1.24. The van der Waals surface area contributed by atoms with E-state index >= 15 is 0 Å². The van der Waals surface area contributed by atoms with E-state index in [4.69, 9.17) is 9.47 Å². The van der Waals surface area contributed by atoms with E-state index in [2.05, 4.69) is 13.8 Å². The van der Waals surface area contributed by atoms with Crippen LogP contribution >= 0.6 is 0 Å². The summed E-state index contributed by atoms with van der Waals surface area (Å²) in [7, 11) is 0. The lowest BCUT2D eigenvalue weighted by Crippen LogP contribution is -2.29. The lowest BCUT2D eigenvalue weighted by molar-refractivity contribution is -0.0456. The number of rotatable bonds is 3. The zero-order valence-electron chi connectivity index (χ0n) is 6.56. The zero-order valence-corrected chi connectivity index (χ0v) is 6.56. The molecule has 0 spiro atoms. The van der Waals surface area contributed by atoms with Crippen LogP contribution in [0, 0.1) is 6.92 Å². The lowest BCUT2D eigenvalue weighted by Gasteiger charge is -2.21. The third kappa shape index (κ3) is 1.96. The molecule has 1 rings (SSSR count). The molecular formula is C8H15O2. The fourth-order valence-electron chi connectivity index (χ4n) is 1.24. The summed E-state index contributed by atoms with van der Waals surface area (Å²) < 4.78 is 10.7. The van der Waals surface area contributed by atoms with Crippen molar-refractivity contribution in [2.45, 2.75) is 25.4 Å². The Labute approximate surface area is 62.5 Å². The first kappa shape index (κ1) is 8.02. The molecular weight excluding hydrogens is 128 g/mol. The first-order valence-electron chi connectivity index (χ1n) is 3.78. The van der Waals surface area contributed by atoms with Gasteiger partial charge in [-0.05, 0) is 26.7 Å². The Hall–Kier alpha value is -0.0800. The minimum Gasteiger partial charge on any atom is -0.378 e. The number of hydrogen-bond acceptors (Lipinski definition) is 2. The molecule has 0 N–H and O–H groups in total. The van der Waals surface area contributed by atoms with Gasteiger partial charge in [-0.15, -0.1) is 0 Å². The van der Waals surface area contributed by atoms with Crippen LogP contribution in [0.2, 0.25) is 0 Å². The van der Waals surface area contributed by atoms with E-state index in [1.165, 1.54) is 0 Å². The minimum atomic E-state index is -0.0162. The van der Waals surface area contributed by atoms with Crippen LogP contribution in [-0.4, -0.2) is 25.4 Å². The van der Waals surface area contributed by atoms with Crippen LogP contribution in [-0.2, 0) is 9.47 Å². The highest BCUT2D eigenvalue weighted by Crippen LogP contribution is 2.24. The summed E-state index contributed by atoms with van der Waals surface area (Å²) in [5.74, 6) is 0. The summed E-state index contributed by atoms with van der Waals surface area (Å²) in [5.41, 5.74) is -0.0162. The molecule has 0 aromatic heterocycles. The van der Waals surface area contributed by atoms with Gasteiger partial charge in [-0.2, -0.15) is 0 Å². The highest BCUT2D eigenvalue weighted by molar-refractivity contribution is 4.79. The van der Waals surface area contributed by atoms with E-state index in [0.717, 1.165) is 19.4 Å². The largest absolute Gasteiger partial charge is 0.378 e. The first-order chi connectivity index (χ1) is 4.77. The summed E-state index contributed by atoms with van der Waals surface area (Å²) in [5, 5.41) is 0. The molecule has 2 heteroatoms. The maximum Gasteiger partial charge on any atom is 0.0887 e. The van der Waals surface area contributed by atoms with E-state index in [-0.39, 0.29) is 5.60 Å². The molecule has 1 unspecified atom stereocenters. The molecule has 0 saturated carbocycles. The third-order valence-electron chi connectivity index (χ3n) is 1.85. The Morgan fingerprint density at radius 3 is 3.00 bits per heavy atom. The van der Waals surface area contributed by atoms with Crippen LogP contribution in [0.4, 0.5) is 0 Å². The molecule has 0 bridgehead atoms. The third-order valence-corrected chi connectivity index (χ3v) is 1.85. The van der Waals surface area contributed by atoms with Gasteiger partial charge in [0.2, 0.25) is 0 Å². The van der Waals surface area contributed by atoms with Gasteiger partial charge in [-0.25, -0.2) is 0 Å². The van der Waals surface area contributed by atoms with Gasteiger partial charge >= 0.3 is 0 Å². The predicted octanol–water partition coefficient (Wildman–Crippen LogP) is 1.41. The second-order valence-corrected chi connectivity index (χ2v) is 2.95. The van der Waals surface area contributed by atoms with E-state index in [9.17, 15) is 0 Å². The standard InChI is InChI=1S/C8H15O2/c1-3-9-7-8(2)5-4-6-10-8/h1,3-7H2,2H3. The highest BCUT2D eigenvalue weighted by Gasteiger charge is 2.29. The predicted molar refractivity (Wildman–Crippen MR) is 39.8 cm³/mol. The fraction of sp³-hybridized carbons (Fsp3) is 0.875. The van der Waals surface area contributed by atoms with Gasteiger partial charge in [-0.1, -0.05) is 0 Å². The molecule has 1 atom stereocenters. The summed E-state index contributed by atoms with van der Waals surface area (Å²) in [6.07, 6.45) is 2.28. The van der Waals surface area contributed by atoms with Gasteiger partial charge in [-0.3, -0.25) is 0 Å². The van der Waals surface area contributed by atoms with Gasteiger partial charge in [0.05, 0.1) is 12.2 Å². The van der Waals surface area contributed by atoms with Gasteiger partial charge < -0.3 is 9.47 Å². The molecule has 0 aromatic rings. The topological polar surface area (TPSA) is 18.5 Å².